The Morgan fingerprint density at radius 2 is 1.69 bits per heavy atom. The van der Waals surface area contributed by atoms with Crippen molar-refractivity contribution in [3.05, 3.63) is 84.4 Å². The van der Waals surface area contributed by atoms with Crippen molar-refractivity contribution in [3.63, 3.8) is 0 Å². The topological polar surface area (TPSA) is 84.9 Å². The van der Waals surface area contributed by atoms with Gasteiger partial charge in [-0.15, -0.1) is 0 Å². The van der Waals surface area contributed by atoms with Crippen LogP contribution < -0.4 is 19.1 Å². The average Bonchev–Trinajstić information content (AvgIpc) is 2.86. The van der Waals surface area contributed by atoms with Crippen molar-refractivity contribution in [2.24, 2.45) is 0 Å². The van der Waals surface area contributed by atoms with Gasteiger partial charge in [-0.1, -0.05) is 63.2 Å². The Hall–Kier alpha value is -3.52. The number of fused-ring (bicyclic) bond motifs is 1. The third kappa shape index (κ3) is 5.59. The zero-order chi connectivity index (χ0) is 25.1. The van der Waals surface area contributed by atoms with Crippen LogP contribution in [0.1, 0.15) is 26.3 Å². The quantitative estimate of drug-likeness (QED) is 0.499. The van der Waals surface area contributed by atoms with Crippen molar-refractivity contribution in [2.45, 2.75) is 37.2 Å². The number of carbonyl (C=O) groups is 1. The Morgan fingerprint density at radius 3 is 2.34 bits per heavy atom. The van der Waals surface area contributed by atoms with Gasteiger partial charge in [-0.25, -0.2) is 8.42 Å². The van der Waals surface area contributed by atoms with Crippen molar-refractivity contribution < 1.29 is 22.7 Å². The first-order valence-corrected chi connectivity index (χ1v) is 12.9. The van der Waals surface area contributed by atoms with E-state index >= 15 is 0 Å². The highest BCUT2D eigenvalue weighted by Crippen LogP contribution is 2.40. The zero-order valence-corrected chi connectivity index (χ0v) is 20.9. The molecule has 8 heteroatoms. The lowest BCUT2D eigenvalue weighted by Gasteiger charge is -2.36. The molecule has 0 unspecified atom stereocenters. The summed E-state index contributed by atoms with van der Waals surface area (Å²) in [4.78, 5) is 13.1. The van der Waals surface area contributed by atoms with Crippen molar-refractivity contribution >= 4 is 21.6 Å². The van der Waals surface area contributed by atoms with Gasteiger partial charge in [0.05, 0.1) is 23.7 Å². The van der Waals surface area contributed by atoms with Crippen LogP contribution in [0.3, 0.4) is 0 Å². The molecule has 7 nitrogen and oxygen atoms in total. The van der Waals surface area contributed by atoms with E-state index in [4.69, 9.17) is 9.47 Å². The minimum Gasteiger partial charge on any atom is -0.492 e. The molecule has 4 rings (SSSR count). The Bertz CT molecular complexity index is 1270. The van der Waals surface area contributed by atoms with Crippen molar-refractivity contribution in [1.29, 1.82) is 0 Å². The van der Waals surface area contributed by atoms with Crippen LogP contribution in [0.25, 0.3) is 0 Å². The van der Waals surface area contributed by atoms with Gasteiger partial charge in [0.1, 0.15) is 18.1 Å². The summed E-state index contributed by atoms with van der Waals surface area (Å²) in [5, 5.41) is 2.79. The molecular formula is C27H30N2O5S. The molecule has 3 aromatic carbocycles. The molecule has 0 fully saturated rings. The third-order valence-corrected chi connectivity index (χ3v) is 7.53. The highest BCUT2D eigenvalue weighted by molar-refractivity contribution is 7.92. The fourth-order valence-electron chi connectivity index (χ4n) is 3.78. The molecule has 1 atom stereocenters. The summed E-state index contributed by atoms with van der Waals surface area (Å²) in [7, 11) is -3.92. The van der Waals surface area contributed by atoms with Crippen LogP contribution >= 0.6 is 0 Å². The molecule has 1 aliphatic heterocycles. The number of benzene rings is 3. The monoisotopic (exact) mass is 494 g/mol. The molecule has 0 saturated heterocycles. The minimum absolute atomic E-state index is 0.136. The molecule has 0 spiro atoms. The van der Waals surface area contributed by atoms with Crippen LogP contribution in [-0.2, 0) is 20.2 Å². The second kappa shape index (κ2) is 10.00. The van der Waals surface area contributed by atoms with Gasteiger partial charge in [0.15, 0.2) is 6.10 Å². The van der Waals surface area contributed by atoms with E-state index in [9.17, 15) is 13.2 Å². The maximum Gasteiger partial charge on any atom is 0.264 e. The summed E-state index contributed by atoms with van der Waals surface area (Å²) in [6.45, 7) is 6.57. The number of hydrogen-bond acceptors (Lipinski definition) is 5. The summed E-state index contributed by atoms with van der Waals surface area (Å²) >= 11 is 0. The average molecular weight is 495 g/mol. The van der Waals surface area contributed by atoms with Gasteiger partial charge in [-0.2, -0.15) is 0 Å². The Labute approximate surface area is 206 Å². The second-order valence-corrected chi connectivity index (χ2v) is 11.2. The number of anilines is 1. The third-order valence-electron chi connectivity index (χ3n) is 5.73. The van der Waals surface area contributed by atoms with E-state index in [1.54, 1.807) is 36.4 Å². The van der Waals surface area contributed by atoms with E-state index < -0.39 is 22.0 Å². The standard InChI is InChI=1S/C27H30N2O5S/c1-27(2,3)20-14-15-24-23(18-20)29(35(31,32)22-12-8-5-9-13-22)19-25(34-24)26(30)28-16-17-33-21-10-6-4-7-11-21/h4-15,18,25H,16-17,19H2,1-3H3,(H,28,30)/t25-/m0/s1. The molecule has 1 heterocycles. The minimum atomic E-state index is -3.92. The Kier molecular flexibility index (Phi) is 7.03. The predicted molar refractivity (Wildman–Crippen MR) is 135 cm³/mol. The predicted octanol–water partition coefficient (Wildman–Crippen LogP) is 4.14. The molecule has 35 heavy (non-hydrogen) atoms. The summed E-state index contributed by atoms with van der Waals surface area (Å²) in [6.07, 6.45) is -1.00. The zero-order valence-electron chi connectivity index (χ0n) is 20.1. The fourth-order valence-corrected chi connectivity index (χ4v) is 5.26. The Morgan fingerprint density at radius 1 is 1.03 bits per heavy atom. The van der Waals surface area contributed by atoms with Gasteiger partial charge in [0, 0.05) is 0 Å². The number of nitrogens with one attached hydrogen (secondary N) is 1. The molecule has 1 amide bonds. The highest BCUT2D eigenvalue weighted by Gasteiger charge is 2.38. The molecule has 1 N–H and O–H groups in total. The fraction of sp³-hybridized carbons (Fsp3) is 0.296. The van der Waals surface area contributed by atoms with Gasteiger partial charge in [-0.3, -0.25) is 9.10 Å². The van der Waals surface area contributed by atoms with E-state index in [1.165, 1.54) is 4.31 Å². The lowest BCUT2D eigenvalue weighted by Crippen LogP contribution is -2.51. The van der Waals surface area contributed by atoms with Crippen LogP contribution in [-0.4, -0.2) is 40.1 Å². The second-order valence-electron chi connectivity index (χ2n) is 9.34. The molecule has 0 saturated carbocycles. The number of carbonyl (C=O) groups excluding carboxylic acids is 1. The van der Waals surface area contributed by atoms with Gasteiger partial charge in [-0.05, 0) is 47.4 Å². The van der Waals surface area contributed by atoms with E-state index in [0.717, 1.165) is 5.56 Å². The number of ether oxygens (including phenoxy) is 2. The summed E-state index contributed by atoms with van der Waals surface area (Å²) < 4.78 is 40.1. The first-order chi connectivity index (χ1) is 16.7. The highest BCUT2D eigenvalue weighted by atomic mass is 32.2. The molecule has 0 radical (unpaired) electrons. The number of rotatable bonds is 7. The van der Waals surface area contributed by atoms with Crippen molar-refractivity contribution in [1.82, 2.24) is 5.32 Å². The van der Waals surface area contributed by atoms with Crippen LogP contribution in [0.4, 0.5) is 5.69 Å². The first kappa shape index (κ1) is 24.6. The number of sulfonamides is 1. The molecule has 0 aliphatic carbocycles. The summed E-state index contributed by atoms with van der Waals surface area (Å²) in [5.74, 6) is 0.657. The number of amides is 1. The lowest BCUT2D eigenvalue weighted by molar-refractivity contribution is -0.127. The lowest BCUT2D eigenvalue weighted by atomic mass is 9.86. The van der Waals surface area contributed by atoms with Gasteiger partial charge < -0.3 is 14.8 Å². The van der Waals surface area contributed by atoms with E-state index in [2.05, 4.69) is 26.1 Å². The Balaban J connectivity index is 1.56. The van der Waals surface area contributed by atoms with Crippen LogP contribution in [0.5, 0.6) is 11.5 Å². The van der Waals surface area contributed by atoms with E-state index in [-0.39, 0.29) is 30.0 Å². The largest absolute Gasteiger partial charge is 0.492 e. The van der Waals surface area contributed by atoms with Crippen molar-refractivity contribution in [3.8, 4) is 11.5 Å². The SMILES string of the molecule is CC(C)(C)c1ccc2c(c1)N(S(=O)(=O)c1ccccc1)C[C@@H](C(=O)NCCOc1ccccc1)O2. The maximum absolute atomic E-state index is 13.6. The molecule has 1 aliphatic rings. The number of nitrogens with zero attached hydrogens (tertiary/aromatic N) is 1. The van der Waals surface area contributed by atoms with Crippen LogP contribution in [0, 0.1) is 0 Å². The number of hydrogen-bond donors (Lipinski definition) is 1. The van der Waals surface area contributed by atoms with E-state index in [1.807, 2.05) is 42.5 Å². The van der Waals surface area contributed by atoms with Gasteiger partial charge in [0.25, 0.3) is 15.9 Å². The van der Waals surface area contributed by atoms with Crippen LogP contribution in [0.15, 0.2) is 83.8 Å². The molecule has 0 aromatic heterocycles. The molecule has 0 bridgehead atoms. The molecule has 3 aromatic rings. The van der Waals surface area contributed by atoms with E-state index in [0.29, 0.717) is 17.2 Å². The van der Waals surface area contributed by atoms with Crippen molar-refractivity contribution in [2.75, 3.05) is 24.0 Å². The first-order valence-electron chi connectivity index (χ1n) is 11.5. The number of para-hydroxylation sites is 1. The molecular weight excluding hydrogens is 464 g/mol. The summed E-state index contributed by atoms with van der Waals surface area (Å²) in [5.41, 5.74) is 1.20. The van der Waals surface area contributed by atoms with Gasteiger partial charge >= 0.3 is 0 Å². The smallest absolute Gasteiger partial charge is 0.264 e. The summed E-state index contributed by atoms with van der Waals surface area (Å²) in [6, 6.07) is 23.0. The molecule has 184 valence electrons. The maximum atomic E-state index is 13.6. The normalized spacial score (nSPS) is 15.6. The van der Waals surface area contributed by atoms with Gasteiger partial charge in [0.2, 0.25) is 0 Å². The van der Waals surface area contributed by atoms with Crippen LogP contribution in [0.2, 0.25) is 0 Å².